The predicted octanol–water partition coefficient (Wildman–Crippen LogP) is 3.95. The van der Waals surface area contributed by atoms with Crippen LogP contribution in [0.2, 0.25) is 0 Å². The molecule has 176 valence electrons. The van der Waals surface area contributed by atoms with Crippen molar-refractivity contribution in [3.05, 3.63) is 23.3 Å². The van der Waals surface area contributed by atoms with Crippen LogP contribution in [-0.4, -0.2) is 47.6 Å². The Labute approximate surface area is 186 Å². The molecule has 0 aromatic rings. The first-order valence-electron chi connectivity index (χ1n) is 11.4. The summed E-state index contributed by atoms with van der Waals surface area (Å²) in [5.74, 6) is -0.366. The average molecular weight is 437 g/mol. The summed E-state index contributed by atoms with van der Waals surface area (Å²) in [5.41, 5.74) is 2.26. The fourth-order valence-electron chi connectivity index (χ4n) is 5.70. The SMILES string of the molecule is CC(=O)OC[C@H](CO)OC(=O)C=C(C)CC[C@]1(C)[C@@H](C)[C@@H](O)C[C@]2(C)C(C)=CCC[C@@H]12. The Balaban J connectivity index is 2.06. The lowest BCUT2D eigenvalue weighted by Crippen LogP contribution is -2.55. The van der Waals surface area contributed by atoms with Crippen LogP contribution in [0.1, 0.15) is 73.6 Å². The summed E-state index contributed by atoms with van der Waals surface area (Å²) in [5, 5.41) is 20.2. The van der Waals surface area contributed by atoms with Gasteiger partial charge in [0.15, 0.2) is 6.10 Å². The first-order chi connectivity index (χ1) is 14.4. The maximum absolute atomic E-state index is 12.2. The normalized spacial score (nSPS) is 34.4. The molecule has 0 saturated heterocycles. The number of ether oxygens (including phenoxy) is 2. The van der Waals surface area contributed by atoms with Crippen LogP contribution in [-0.2, 0) is 19.1 Å². The number of fused-ring (bicyclic) bond motifs is 1. The fraction of sp³-hybridized carbons (Fsp3) is 0.760. The first-order valence-corrected chi connectivity index (χ1v) is 11.4. The molecule has 2 aliphatic carbocycles. The molecule has 6 heteroatoms. The van der Waals surface area contributed by atoms with Crippen molar-refractivity contribution in [1.29, 1.82) is 0 Å². The van der Waals surface area contributed by atoms with Crippen molar-refractivity contribution in [2.75, 3.05) is 13.2 Å². The van der Waals surface area contributed by atoms with Crippen LogP contribution in [0.15, 0.2) is 23.3 Å². The smallest absolute Gasteiger partial charge is 0.331 e. The molecular weight excluding hydrogens is 396 g/mol. The summed E-state index contributed by atoms with van der Waals surface area (Å²) >= 11 is 0. The molecule has 1 saturated carbocycles. The van der Waals surface area contributed by atoms with E-state index in [1.807, 2.05) is 6.92 Å². The zero-order valence-electron chi connectivity index (χ0n) is 19.9. The Morgan fingerprint density at radius 2 is 2.00 bits per heavy atom. The molecule has 0 spiro atoms. The van der Waals surface area contributed by atoms with Gasteiger partial charge in [0.1, 0.15) is 6.61 Å². The van der Waals surface area contributed by atoms with Gasteiger partial charge < -0.3 is 19.7 Å². The minimum atomic E-state index is -0.871. The van der Waals surface area contributed by atoms with Gasteiger partial charge in [-0.2, -0.15) is 0 Å². The lowest BCUT2D eigenvalue weighted by atomic mass is 9.46. The lowest BCUT2D eigenvalue weighted by Gasteiger charge is -2.59. The van der Waals surface area contributed by atoms with E-state index in [0.717, 1.165) is 37.7 Å². The van der Waals surface area contributed by atoms with E-state index >= 15 is 0 Å². The highest BCUT2D eigenvalue weighted by atomic mass is 16.6. The van der Waals surface area contributed by atoms with Crippen molar-refractivity contribution < 1.29 is 29.3 Å². The van der Waals surface area contributed by atoms with Gasteiger partial charge in [-0.1, -0.05) is 38.0 Å². The fourth-order valence-corrected chi connectivity index (χ4v) is 5.70. The molecule has 0 bridgehead atoms. The second-order valence-electron chi connectivity index (χ2n) is 10.0. The quantitative estimate of drug-likeness (QED) is 0.340. The number of aliphatic hydroxyl groups is 2. The monoisotopic (exact) mass is 436 g/mol. The highest BCUT2D eigenvalue weighted by Crippen LogP contribution is 2.61. The zero-order valence-corrected chi connectivity index (χ0v) is 19.9. The summed E-state index contributed by atoms with van der Waals surface area (Å²) in [6.45, 7) is 11.5. The third-order valence-electron chi connectivity index (χ3n) is 8.00. The number of allylic oxidation sites excluding steroid dienone is 3. The van der Waals surface area contributed by atoms with Crippen molar-refractivity contribution >= 4 is 11.9 Å². The summed E-state index contributed by atoms with van der Waals surface area (Å²) in [6.07, 6.45) is 7.19. The van der Waals surface area contributed by atoms with E-state index in [4.69, 9.17) is 9.47 Å². The third-order valence-corrected chi connectivity index (χ3v) is 8.00. The van der Waals surface area contributed by atoms with E-state index in [1.54, 1.807) is 0 Å². The van der Waals surface area contributed by atoms with Crippen LogP contribution in [0.4, 0.5) is 0 Å². The molecule has 0 amide bonds. The summed E-state index contributed by atoms with van der Waals surface area (Å²) in [4.78, 5) is 23.1. The van der Waals surface area contributed by atoms with Crippen molar-refractivity contribution in [2.24, 2.45) is 22.7 Å². The molecule has 2 N–H and O–H groups in total. The predicted molar refractivity (Wildman–Crippen MR) is 119 cm³/mol. The molecule has 2 rings (SSSR count). The second-order valence-corrected chi connectivity index (χ2v) is 10.0. The Hall–Kier alpha value is -1.66. The Morgan fingerprint density at radius 1 is 1.32 bits per heavy atom. The van der Waals surface area contributed by atoms with Crippen molar-refractivity contribution in [1.82, 2.24) is 0 Å². The van der Waals surface area contributed by atoms with E-state index in [2.05, 4.69) is 33.8 Å². The van der Waals surface area contributed by atoms with Crippen LogP contribution in [0.5, 0.6) is 0 Å². The maximum atomic E-state index is 12.2. The number of rotatable bonds is 8. The summed E-state index contributed by atoms with van der Waals surface area (Å²) < 4.78 is 10.0. The molecule has 2 aliphatic rings. The van der Waals surface area contributed by atoms with Gasteiger partial charge in [-0.25, -0.2) is 4.79 Å². The largest absolute Gasteiger partial charge is 0.462 e. The summed E-state index contributed by atoms with van der Waals surface area (Å²) in [7, 11) is 0. The lowest BCUT2D eigenvalue weighted by molar-refractivity contribution is -0.156. The van der Waals surface area contributed by atoms with Gasteiger partial charge in [-0.05, 0) is 68.6 Å². The topological polar surface area (TPSA) is 93.1 Å². The number of carbonyl (C=O) groups excluding carboxylic acids is 2. The van der Waals surface area contributed by atoms with Crippen LogP contribution in [0, 0.1) is 22.7 Å². The van der Waals surface area contributed by atoms with Gasteiger partial charge in [-0.3, -0.25) is 4.79 Å². The third kappa shape index (κ3) is 5.78. The Kier molecular flexibility index (Phi) is 8.51. The molecule has 0 radical (unpaired) electrons. The van der Waals surface area contributed by atoms with Crippen LogP contribution >= 0.6 is 0 Å². The first kappa shape index (κ1) is 25.6. The highest BCUT2D eigenvalue weighted by Gasteiger charge is 2.55. The second kappa shape index (κ2) is 10.3. The van der Waals surface area contributed by atoms with E-state index in [1.165, 1.54) is 18.6 Å². The maximum Gasteiger partial charge on any atom is 0.331 e. The molecule has 0 heterocycles. The van der Waals surface area contributed by atoms with E-state index in [9.17, 15) is 19.8 Å². The molecule has 0 aliphatic heterocycles. The molecule has 1 fully saturated rings. The van der Waals surface area contributed by atoms with Crippen molar-refractivity contribution in [3.8, 4) is 0 Å². The van der Waals surface area contributed by atoms with Gasteiger partial charge >= 0.3 is 11.9 Å². The molecule has 6 atom stereocenters. The summed E-state index contributed by atoms with van der Waals surface area (Å²) in [6, 6.07) is 0. The van der Waals surface area contributed by atoms with Crippen molar-refractivity contribution in [3.63, 3.8) is 0 Å². The molecule has 0 unspecified atom stereocenters. The number of hydrogen-bond donors (Lipinski definition) is 2. The minimum Gasteiger partial charge on any atom is -0.462 e. The zero-order chi connectivity index (χ0) is 23.4. The molecule has 31 heavy (non-hydrogen) atoms. The van der Waals surface area contributed by atoms with E-state index in [0.29, 0.717) is 5.92 Å². The average Bonchev–Trinajstić information content (AvgIpc) is 2.69. The molecule has 0 aromatic carbocycles. The highest BCUT2D eigenvalue weighted by molar-refractivity contribution is 5.82. The van der Waals surface area contributed by atoms with Gasteiger partial charge in [0.2, 0.25) is 0 Å². The minimum absolute atomic E-state index is 0.0144. The van der Waals surface area contributed by atoms with Crippen molar-refractivity contribution in [2.45, 2.75) is 85.9 Å². The number of carbonyl (C=O) groups is 2. The van der Waals surface area contributed by atoms with Gasteiger partial charge in [0.05, 0.1) is 12.7 Å². The Bertz CT molecular complexity index is 726. The van der Waals surface area contributed by atoms with Crippen LogP contribution in [0.25, 0.3) is 0 Å². The molecule has 0 aromatic heterocycles. The van der Waals surface area contributed by atoms with Gasteiger partial charge in [-0.15, -0.1) is 0 Å². The van der Waals surface area contributed by atoms with Crippen LogP contribution in [0.3, 0.4) is 0 Å². The number of hydrogen-bond acceptors (Lipinski definition) is 6. The number of aliphatic hydroxyl groups excluding tert-OH is 2. The standard InChI is InChI=1S/C25H40O6/c1-16(12-23(29)31-20(14-26)15-30-19(4)27)10-11-24(5)18(3)21(28)13-25(6)17(2)8-7-9-22(24)25/h8,12,18,20-22,26,28H,7,9-11,13-15H2,1-6H3/t18-,20-,21-,22-,24+,25+/m0/s1. The van der Waals surface area contributed by atoms with Gasteiger partial charge in [0.25, 0.3) is 0 Å². The molecular formula is C25H40O6. The van der Waals surface area contributed by atoms with E-state index < -0.39 is 24.6 Å². The number of esters is 2. The van der Waals surface area contributed by atoms with Gasteiger partial charge in [0, 0.05) is 13.0 Å². The van der Waals surface area contributed by atoms with Crippen LogP contribution < -0.4 is 0 Å². The Morgan fingerprint density at radius 3 is 2.61 bits per heavy atom. The molecule has 6 nitrogen and oxygen atoms in total. The van der Waals surface area contributed by atoms with E-state index in [-0.39, 0.29) is 29.5 Å².